The molecule has 1 aromatic rings. The van der Waals surface area contributed by atoms with Crippen molar-refractivity contribution in [1.29, 1.82) is 0 Å². The number of carbonyl (C=O) groups is 2. The van der Waals surface area contributed by atoms with Crippen LogP contribution in [0.4, 0.5) is 5.69 Å². The van der Waals surface area contributed by atoms with Gasteiger partial charge in [0.05, 0.1) is 10.5 Å². The molecular formula is C12H11IN2O5. The molecule has 0 radical (unpaired) electrons. The molecule has 106 valence electrons. The van der Waals surface area contributed by atoms with Crippen LogP contribution >= 0.6 is 22.6 Å². The number of nitro benzene ring substituents is 1. The average molecular weight is 390 g/mol. The van der Waals surface area contributed by atoms with Gasteiger partial charge in [0.1, 0.15) is 6.54 Å². The van der Waals surface area contributed by atoms with Crippen LogP contribution in [-0.2, 0) is 4.79 Å². The highest BCUT2D eigenvalue weighted by molar-refractivity contribution is 14.1. The minimum absolute atomic E-state index is 0.0455. The molecule has 0 atom stereocenters. The van der Waals surface area contributed by atoms with Gasteiger partial charge in [-0.15, -0.1) is 6.58 Å². The van der Waals surface area contributed by atoms with E-state index in [4.69, 9.17) is 5.11 Å². The van der Waals surface area contributed by atoms with Crippen LogP contribution in [0.5, 0.6) is 0 Å². The van der Waals surface area contributed by atoms with Crippen LogP contribution in [0.1, 0.15) is 10.4 Å². The summed E-state index contributed by atoms with van der Waals surface area (Å²) >= 11 is 1.87. The van der Waals surface area contributed by atoms with Crippen LogP contribution in [0.3, 0.4) is 0 Å². The molecule has 7 nitrogen and oxygen atoms in total. The second-order valence-electron chi connectivity index (χ2n) is 3.79. The highest BCUT2D eigenvalue weighted by Crippen LogP contribution is 2.21. The van der Waals surface area contributed by atoms with Crippen LogP contribution in [-0.4, -0.2) is 39.9 Å². The number of benzene rings is 1. The normalized spacial score (nSPS) is 9.85. The lowest BCUT2D eigenvalue weighted by molar-refractivity contribution is -0.384. The van der Waals surface area contributed by atoms with Gasteiger partial charge in [-0.2, -0.15) is 0 Å². The Kier molecular flexibility index (Phi) is 5.62. The van der Waals surface area contributed by atoms with Crippen molar-refractivity contribution in [2.45, 2.75) is 0 Å². The van der Waals surface area contributed by atoms with E-state index in [9.17, 15) is 19.7 Å². The topological polar surface area (TPSA) is 101 Å². The van der Waals surface area contributed by atoms with Gasteiger partial charge in [0.25, 0.3) is 11.6 Å². The highest BCUT2D eigenvalue weighted by atomic mass is 127. The van der Waals surface area contributed by atoms with Crippen molar-refractivity contribution in [3.05, 3.63) is 50.1 Å². The monoisotopic (exact) mass is 390 g/mol. The summed E-state index contributed by atoms with van der Waals surface area (Å²) in [5.41, 5.74) is -0.120. The quantitative estimate of drug-likeness (QED) is 0.346. The van der Waals surface area contributed by atoms with Crippen molar-refractivity contribution in [1.82, 2.24) is 4.90 Å². The molecule has 0 aliphatic carbocycles. The van der Waals surface area contributed by atoms with Crippen molar-refractivity contribution >= 4 is 40.2 Å². The fourth-order valence-corrected chi connectivity index (χ4v) is 2.07. The van der Waals surface area contributed by atoms with Gasteiger partial charge in [0.15, 0.2) is 0 Å². The van der Waals surface area contributed by atoms with Crippen molar-refractivity contribution in [3.63, 3.8) is 0 Å². The number of carbonyl (C=O) groups excluding carboxylic acids is 1. The van der Waals surface area contributed by atoms with Gasteiger partial charge in [-0.1, -0.05) is 6.08 Å². The molecule has 1 amide bonds. The summed E-state index contributed by atoms with van der Waals surface area (Å²) in [7, 11) is 0. The predicted molar refractivity (Wildman–Crippen MR) is 79.5 cm³/mol. The maximum atomic E-state index is 12.3. The predicted octanol–water partition coefficient (Wildman–Crippen LogP) is 1.91. The summed E-state index contributed by atoms with van der Waals surface area (Å²) < 4.78 is 0.512. The Morgan fingerprint density at radius 3 is 2.65 bits per heavy atom. The molecular weight excluding hydrogens is 379 g/mol. The molecule has 0 aliphatic heterocycles. The Hall–Kier alpha value is -1.97. The van der Waals surface area contributed by atoms with Gasteiger partial charge in [0, 0.05) is 22.2 Å². The molecule has 0 bridgehead atoms. The first-order valence-electron chi connectivity index (χ1n) is 5.42. The molecule has 0 fully saturated rings. The van der Waals surface area contributed by atoms with E-state index in [1.54, 1.807) is 0 Å². The summed E-state index contributed by atoms with van der Waals surface area (Å²) in [5, 5.41) is 19.5. The maximum absolute atomic E-state index is 12.3. The first-order chi connectivity index (χ1) is 9.36. The van der Waals surface area contributed by atoms with E-state index in [0.717, 1.165) is 11.0 Å². The Bertz CT molecular complexity index is 573. The molecule has 0 aromatic heterocycles. The number of hydrogen-bond acceptors (Lipinski definition) is 4. The van der Waals surface area contributed by atoms with Gasteiger partial charge in [-0.05, 0) is 28.7 Å². The Morgan fingerprint density at radius 2 is 2.15 bits per heavy atom. The Morgan fingerprint density at radius 1 is 1.50 bits per heavy atom. The fraction of sp³-hybridized carbons (Fsp3) is 0.167. The lowest BCUT2D eigenvalue weighted by atomic mass is 10.1. The highest BCUT2D eigenvalue weighted by Gasteiger charge is 2.22. The van der Waals surface area contributed by atoms with Crippen LogP contribution in [0, 0.1) is 13.7 Å². The van der Waals surface area contributed by atoms with Gasteiger partial charge in [-0.25, -0.2) is 0 Å². The van der Waals surface area contributed by atoms with Crippen molar-refractivity contribution in [3.8, 4) is 0 Å². The number of carboxylic acid groups (broad SMARTS) is 1. The second kappa shape index (κ2) is 6.98. The number of nitro groups is 1. The van der Waals surface area contributed by atoms with Gasteiger partial charge in [0.2, 0.25) is 0 Å². The fourth-order valence-electron chi connectivity index (χ4n) is 1.50. The summed E-state index contributed by atoms with van der Waals surface area (Å²) in [6.45, 7) is 3.00. The molecule has 0 aliphatic rings. The molecule has 0 saturated heterocycles. The first kappa shape index (κ1) is 16.1. The largest absolute Gasteiger partial charge is 0.480 e. The molecule has 1 aromatic carbocycles. The maximum Gasteiger partial charge on any atom is 0.323 e. The zero-order chi connectivity index (χ0) is 15.3. The van der Waals surface area contributed by atoms with Crippen LogP contribution in [0.2, 0.25) is 0 Å². The lowest BCUT2D eigenvalue weighted by Crippen LogP contribution is -2.36. The minimum Gasteiger partial charge on any atom is -0.480 e. The van der Waals surface area contributed by atoms with Gasteiger partial charge >= 0.3 is 5.97 Å². The molecule has 0 saturated carbocycles. The van der Waals surface area contributed by atoms with Crippen LogP contribution in [0.25, 0.3) is 0 Å². The summed E-state index contributed by atoms with van der Waals surface area (Å²) in [4.78, 5) is 34.2. The summed E-state index contributed by atoms with van der Waals surface area (Å²) in [6, 6.07) is 3.87. The van der Waals surface area contributed by atoms with E-state index in [1.807, 2.05) is 22.6 Å². The van der Waals surface area contributed by atoms with Gasteiger partial charge in [-0.3, -0.25) is 19.7 Å². The zero-order valence-corrected chi connectivity index (χ0v) is 12.4. The number of non-ortho nitro benzene ring substituents is 1. The molecule has 0 heterocycles. The van der Waals surface area contributed by atoms with E-state index < -0.39 is 23.3 Å². The first-order valence-corrected chi connectivity index (χ1v) is 6.50. The van der Waals surface area contributed by atoms with E-state index in [-0.39, 0.29) is 17.8 Å². The van der Waals surface area contributed by atoms with Crippen LogP contribution < -0.4 is 0 Å². The third-order valence-corrected chi connectivity index (χ3v) is 3.29. The van der Waals surface area contributed by atoms with Crippen molar-refractivity contribution in [2.75, 3.05) is 13.1 Å². The van der Waals surface area contributed by atoms with E-state index in [0.29, 0.717) is 3.57 Å². The molecule has 0 spiro atoms. The van der Waals surface area contributed by atoms with E-state index in [2.05, 4.69) is 6.58 Å². The number of hydrogen-bond donors (Lipinski definition) is 1. The lowest BCUT2D eigenvalue weighted by Gasteiger charge is -2.19. The summed E-state index contributed by atoms with van der Waals surface area (Å²) in [6.07, 6.45) is 1.39. The number of aliphatic carboxylic acids is 1. The number of rotatable bonds is 6. The number of amides is 1. The van der Waals surface area contributed by atoms with Crippen LogP contribution in [0.15, 0.2) is 30.9 Å². The Balaban J connectivity index is 3.16. The standard InChI is InChI=1S/C12H11IN2O5/c1-2-5-14(7-11(16)17)12(18)9-6-8(15(19)20)3-4-10(9)13/h2-4,6H,1,5,7H2,(H,16,17). The zero-order valence-electron chi connectivity index (χ0n) is 10.3. The third-order valence-electron chi connectivity index (χ3n) is 2.35. The molecule has 20 heavy (non-hydrogen) atoms. The SMILES string of the molecule is C=CCN(CC(=O)O)C(=O)c1cc([N+](=O)[O-])ccc1I. The van der Waals surface area contributed by atoms with E-state index >= 15 is 0 Å². The average Bonchev–Trinajstić information content (AvgIpc) is 2.37. The third kappa shape index (κ3) is 4.02. The van der Waals surface area contributed by atoms with Gasteiger partial charge < -0.3 is 10.0 Å². The summed E-state index contributed by atoms with van der Waals surface area (Å²) in [5.74, 6) is -1.75. The number of carboxylic acids is 1. The second-order valence-corrected chi connectivity index (χ2v) is 4.95. The van der Waals surface area contributed by atoms with E-state index in [1.165, 1.54) is 18.2 Å². The Labute approximate surface area is 128 Å². The molecule has 1 rings (SSSR count). The molecule has 0 unspecified atom stereocenters. The van der Waals surface area contributed by atoms with Crippen molar-refractivity contribution in [2.24, 2.45) is 0 Å². The number of nitrogens with zero attached hydrogens (tertiary/aromatic N) is 2. The minimum atomic E-state index is -1.17. The molecule has 8 heteroatoms. The van der Waals surface area contributed by atoms with Crippen molar-refractivity contribution < 1.29 is 19.6 Å². The number of halogens is 1. The smallest absolute Gasteiger partial charge is 0.323 e. The molecule has 1 N–H and O–H groups in total.